The van der Waals surface area contributed by atoms with Crippen molar-refractivity contribution in [2.75, 3.05) is 0 Å². The molecule has 1 aliphatic carbocycles. The second-order valence-corrected chi connectivity index (χ2v) is 6.45. The van der Waals surface area contributed by atoms with Gasteiger partial charge in [0.2, 0.25) is 0 Å². The van der Waals surface area contributed by atoms with Crippen molar-refractivity contribution in [3.05, 3.63) is 34.3 Å². The van der Waals surface area contributed by atoms with Crippen LogP contribution in [-0.4, -0.2) is 12.2 Å². The Bertz CT molecular complexity index is 422. The molecule has 1 nitrogen and oxygen atoms in total. The number of benzene rings is 1. The third-order valence-electron chi connectivity index (χ3n) is 4.05. The molecule has 1 fully saturated rings. The molecular formula is C15H19BrF3N. The van der Waals surface area contributed by atoms with Crippen molar-refractivity contribution in [3.8, 4) is 0 Å². The Hall–Kier alpha value is -0.550. The number of hydrogen-bond donors (Lipinski definition) is 1. The van der Waals surface area contributed by atoms with E-state index in [9.17, 15) is 13.2 Å². The predicted molar refractivity (Wildman–Crippen MR) is 77.5 cm³/mol. The molecule has 1 unspecified atom stereocenters. The Morgan fingerprint density at radius 3 is 2.15 bits per heavy atom. The van der Waals surface area contributed by atoms with Gasteiger partial charge in [-0.05, 0) is 50.3 Å². The first kappa shape index (κ1) is 15.8. The average Bonchev–Trinajstić information content (AvgIpc) is 2.39. The van der Waals surface area contributed by atoms with E-state index in [4.69, 9.17) is 0 Å². The van der Waals surface area contributed by atoms with Crippen molar-refractivity contribution < 1.29 is 13.2 Å². The summed E-state index contributed by atoms with van der Waals surface area (Å²) in [4.78, 5) is 0. The lowest BCUT2D eigenvalue weighted by molar-refractivity contribution is -0.182. The van der Waals surface area contributed by atoms with Gasteiger partial charge in [-0.25, -0.2) is 0 Å². The Labute approximate surface area is 126 Å². The van der Waals surface area contributed by atoms with Crippen molar-refractivity contribution in [2.45, 2.75) is 50.9 Å². The van der Waals surface area contributed by atoms with Crippen LogP contribution in [0.3, 0.4) is 0 Å². The summed E-state index contributed by atoms with van der Waals surface area (Å²) in [6.45, 7) is 2.05. The number of halogens is 4. The van der Waals surface area contributed by atoms with Gasteiger partial charge in [0, 0.05) is 16.6 Å². The standard InChI is InChI=1S/C15H19BrF3N/c1-10(11-2-6-13(16)7-3-11)20-14-8-4-12(5-9-14)15(17,18)19/h2-3,6-7,10,12,14,20H,4-5,8-9H2,1H3. The van der Waals surface area contributed by atoms with E-state index in [1.807, 2.05) is 24.3 Å². The van der Waals surface area contributed by atoms with Crippen LogP contribution in [0.25, 0.3) is 0 Å². The highest BCUT2D eigenvalue weighted by atomic mass is 79.9. The zero-order chi connectivity index (χ0) is 14.8. The molecule has 112 valence electrons. The molecule has 0 aromatic heterocycles. The van der Waals surface area contributed by atoms with Gasteiger partial charge in [0.25, 0.3) is 0 Å². The lowest BCUT2D eigenvalue weighted by Crippen LogP contribution is -2.38. The fourth-order valence-electron chi connectivity index (χ4n) is 2.79. The lowest BCUT2D eigenvalue weighted by Gasteiger charge is -2.32. The molecule has 0 bridgehead atoms. The first-order chi connectivity index (χ1) is 9.36. The highest BCUT2D eigenvalue weighted by Gasteiger charge is 2.41. The fraction of sp³-hybridized carbons (Fsp3) is 0.600. The van der Waals surface area contributed by atoms with E-state index < -0.39 is 12.1 Å². The van der Waals surface area contributed by atoms with Crippen LogP contribution in [0, 0.1) is 5.92 Å². The summed E-state index contributed by atoms with van der Waals surface area (Å²) in [6.07, 6.45) is -2.33. The number of hydrogen-bond acceptors (Lipinski definition) is 1. The van der Waals surface area contributed by atoms with Crippen LogP contribution in [0.1, 0.15) is 44.2 Å². The molecule has 0 radical (unpaired) electrons. The molecule has 20 heavy (non-hydrogen) atoms. The SMILES string of the molecule is CC(NC1CCC(C(F)(F)F)CC1)c1ccc(Br)cc1. The second-order valence-electron chi connectivity index (χ2n) is 5.53. The highest BCUT2D eigenvalue weighted by Crippen LogP contribution is 2.37. The van der Waals surface area contributed by atoms with Gasteiger partial charge < -0.3 is 5.32 Å². The largest absolute Gasteiger partial charge is 0.391 e. The maximum absolute atomic E-state index is 12.6. The van der Waals surface area contributed by atoms with Crippen LogP contribution >= 0.6 is 15.9 Å². The minimum Gasteiger partial charge on any atom is -0.307 e. The van der Waals surface area contributed by atoms with Crippen molar-refractivity contribution in [2.24, 2.45) is 5.92 Å². The topological polar surface area (TPSA) is 12.0 Å². The van der Waals surface area contributed by atoms with Gasteiger partial charge in [0.15, 0.2) is 0 Å². The summed E-state index contributed by atoms with van der Waals surface area (Å²) >= 11 is 3.39. The van der Waals surface area contributed by atoms with E-state index in [0.29, 0.717) is 12.8 Å². The summed E-state index contributed by atoms with van der Waals surface area (Å²) < 4.78 is 38.9. The minimum atomic E-state index is -4.03. The van der Waals surface area contributed by atoms with Gasteiger partial charge in [-0.3, -0.25) is 0 Å². The van der Waals surface area contributed by atoms with Gasteiger partial charge in [-0.1, -0.05) is 28.1 Å². The quantitative estimate of drug-likeness (QED) is 0.788. The summed E-state index contributed by atoms with van der Waals surface area (Å²) in [5.74, 6) is -1.11. The molecule has 0 aliphatic heterocycles. The summed E-state index contributed by atoms with van der Waals surface area (Å²) in [5, 5.41) is 3.44. The van der Waals surface area contributed by atoms with Crippen molar-refractivity contribution in [1.29, 1.82) is 0 Å². The number of alkyl halides is 3. The Morgan fingerprint density at radius 2 is 1.65 bits per heavy atom. The molecule has 0 amide bonds. The van der Waals surface area contributed by atoms with Gasteiger partial charge in [-0.2, -0.15) is 13.2 Å². The minimum absolute atomic E-state index is 0.163. The van der Waals surface area contributed by atoms with E-state index in [0.717, 1.165) is 10.0 Å². The van der Waals surface area contributed by atoms with Crippen LogP contribution in [0.15, 0.2) is 28.7 Å². The molecule has 1 N–H and O–H groups in total. The maximum Gasteiger partial charge on any atom is 0.391 e. The van der Waals surface area contributed by atoms with Crippen LogP contribution in [0.5, 0.6) is 0 Å². The van der Waals surface area contributed by atoms with Crippen molar-refractivity contribution >= 4 is 15.9 Å². The normalized spacial score (nSPS) is 25.4. The molecule has 5 heteroatoms. The molecule has 1 aromatic carbocycles. The van der Waals surface area contributed by atoms with Crippen LogP contribution < -0.4 is 5.32 Å². The van der Waals surface area contributed by atoms with E-state index >= 15 is 0 Å². The molecule has 2 rings (SSSR count). The summed E-state index contributed by atoms with van der Waals surface area (Å²) in [6, 6.07) is 8.37. The van der Waals surface area contributed by atoms with E-state index in [1.54, 1.807) is 0 Å². The maximum atomic E-state index is 12.6. The Kier molecular flexibility index (Phi) is 5.13. The number of nitrogens with one attached hydrogen (secondary N) is 1. The summed E-state index contributed by atoms with van der Waals surface area (Å²) in [7, 11) is 0. The van der Waals surface area contributed by atoms with Crippen LogP contribution in [-0.2, 0) is 0 Å². The first-order valence-corrected chi connectivity index (χ1v) is 7.74. The zero-order valence-corrected chi connectivity index (χ0v) is 13.0. The molecule has 0 spiro atoms. The molecule has 0 saturated heterocycles. The van der Waals surface area contributed by atoms with Gasteiger partial charge in [-0.15, -0.1) is 0 Å². The van der Waals surface area contributed by atoms with Gasteiger partial charge >= 0.3 is 6.18 Å². The fourth-order valence-corrected chi connectivity index (χ4v) is 3.05. The Balaban J connectivity index is 1.85. The van der Waals surface area contributed by atoms with Crippen molar-refractivity contribution in [3.63, 3.8) is 0 Å². The highest BCUT2D eigenvalue weighted by molar-refractivity contribution is 9.10. The lowest BCUT2D eigenvalue weighted by atomic mass is 9.85. The average molecular weight is 350 g/mol. The van der Waals surface area contributed by atoms with Gasteiger partial charge in [0.1, 0.15) is 0 Å². The number of rotatable bonds is 3. The predicted octanol–water partition coefficient (Wildman–Crippen LogP) is 5.22. The van der Waals surface area contributed by atoms with E-state index in [1.165, 1.54) is 0 Å². The van der Waals surface area contributed by atoms with E-state index in [-0.39, 0.29) is 24.9 Å². The van der Waals surface area contributed by atoms with Crippen LogP contribution in [0.2, 0.25) is 0 Å². The summed E-state index contributed by atoms with van der Waals surface area (Å²) in [5.41, 5.74) is 1.16. The van der Waals surface area contributed by atoms with E-state index in [2.05, 4.69) is 28.2 Å². The third-order valence-corrected chi connectivity index (χ3v) is 4.57. The smallest absolute Gasteiger partial charge is 0.307 e. The monoisotopic (exact) mass is 349 g/mol. The molecule has 0 heterocycles. The third kappa shape index (κ3) is 4.22. The van der Waals surface area contributed by atoms with Gasteiger partial charge in [0.05, 0.1) is 5.92 Å². The second kappa shape index (κ2) is 6.48. The zero-order valence-electron chi connectivity index (χ0n) is 11.4. The molecule has 1 saturated carbocycles. The first-order valence-electron chi connectivity index (χ1n) is 6.94. The van der Waals surface area contributed by atoms with Crippen LogP contribution in [0.4, 0.5) is 13.2 Å². The van der Waals surface area contributed by atoms with Crippen molar-refractivity contribution in [1.82, 2.24) is 5.32 Å². The molecule has 1 aromatic rings. The molecule has 1 aliphatic rings. The molecule has 1 atom stereocenters. The Morgan fingerprint density at radius 1 is 1.10 bits per heavy atom. The molecular weight excluding hydrogens is 331 g/mol.